The van der Waals surface area contributed by atoms with Crippen molar-refractivity contribution in [1.29, 1.82) is 0 Å². The molecule has 0 unspecified atom stereocenters. The lowest BCUT2D eigenvalue weighted by atomic mass is 9.73. The van der Waals surface area contributed by atoms with Crippen LogP contribution in [-0.2, 0) is 6.18 Å². The van der Waals surface area contributed by atoms with Gasteiger partial charge in [0.1, 0.15) is 5.69 Å². The molecule has 2 bridgehead atoms. The fraction of sp³-hybridized carbons (Fsp3) is 0.684. The fourth-order valence-electron chi connectivity index (χ4n) is 5.04. The zero-order valence-corrected chi connectivity index (χ0v) is 17.6. The van der Waals surface area contributed by atoms with E-state index < -0.39 is 11.9 Å². The second-order valence-corrected chi connectivity index (χ2v) is 7.92. The van der Waals surface area contributed by atoms with E-state index in [0.717, 1.165) is 31.9 Å². The molecular weight excluding hydrogens is 428 g/mol. The average Bonchev–Trinajstić information content (AvgIpc) is 2.67. The molecular formula is C19H27Cl2F3N4O. The summed E-state index contributed by atoms with van der Waals surface area (Å²) in [4.78, 5) is 18.4. The van der Waals surface area contributed by atoms with Gasteiger partial charge in [0.15, 0.2) is 0 Å². The van der Waals surface area contributed by atoms with E-state index in [1.165, 1.54) is 31.7 Å². The van der Waals surface area contributed by atoms with Crippen LogP contribution in [0, 0.1) is 11.8 Å². The van der Waals surface area contributed by atoms with Gasteiger partial charge in [0.05, 0.1) is 5.56 Å². The third-order valence-electron chi connectivity index (χ3n) is 6.31. The second-order valence-electron chi connectivity index (χ2n) is 7.92. The van der Waals surface area contributed by atoms with Gasteiger partial charge in [0, 0.05) is 24.8 Å². The maximum Gasteiger partial charge on any atom is 0.433 e. The molecule has 3 fully saturated rings. The molecule has 4 rings (SSSR count). The Morgan fingerprint density at radius 3 is 2.66 bits per heavy atom. The monoisotopic (exact) mass is 454 g/mol. The van der Waals surface area contributed by atoms with Crippen LogP contribution in [-0.4, -0.2) is 54.1 Å². The van der Waals surface area contributed by atoms with Gasteiger partial charge in [-0.1, -0.05) is 6.42 Å². The third-order valence-corrected chi connectivity index (χ3v) is 6.31. The van der Waals surface area contributed by atoms with E-state index in [1.54, 1.807) is 0 Å². The van der Waals surface area contributed by atoms with E-state index in [0.29, 0.717) is 24.4 Å². The Balaban J connectivity index is 0.00000150. The van der Waals surface area contributed by atoms with Crippen molar-refractivity contribution in [1.82, 2.24) is 20.5 Å². The molecule has 29 heavy (non-hydrogen) atoms. The van der Waals surface area contributed by atoms with E-state index in [-0.39, 0.29) is 42.3 Å². The molecule has 0 aromatic carbocycles. The maximum absolute atomic E-state index is 12.6. The summed E-state index contributed by atoms with van der Waals surface area (Å²) < 4.78 is 37.8. The molecule has 0 saturated carbocycles. The van der Waals surface area contributed by atoms with Crippen LogP contribution in [0.3, 0.4) is 0 Å². The molecule has 3 saturated heterocycles. The number of alkyl halides is 3. The molecule has 1 aromatic rings. The summed E-state index contributed by atoms with van der Waals surface area (Å²) in [5, 5.41) is 6.47. The van der Waals surface area contributed by atoms with Crippen LogP contribution < -0.4 is 10.6 Å². The summed E-state index contributed by atoms with van der Waals surface area (Å²) in [6.07, 6.45) is 1.37. The van der Waals surface area contributed by atoms with Gasteiger partial charge in [-0.3, -0.25) is 14.7 Å². The fourth-order valence-corrected chi connectivity index (χ4v) is 5.04. The Morgan fingerprint density at radius 2 is 1.97 bits per heavy atom. The first kappa shape index (κ1) is 24.2. The van der Waals surface area contributed by atoms with Crippen molar-refractivity contribution in [3.05, 3.63) is 29.6 Å². The zero-order chi connectivity index (χ0) is 19.0. The molecule has 3 aliphatic heterocycles. The number of hydrogen-bond donors (Lipinski definition) is 2. The summed E-state index contributed by atoms with van der Waals surface area (Å²) in [5.74, 6) is 0.829. The number of amides is 1. The number of halogens is 5. The lowest BCUT2D eigenvalue weighted by Crippen LogP contribution is -2.65. The number of carbonyl (C=O) groups is 1. The number of fused-ring (bicyclic) bond motifs is 4. The van der Waals surface area contributed by atoms with E-state index in [9.17, 15) is 18.0 Å². The molecule has 164 valence electrons. The SMILES string of the molecule is Cl.Cl.O=C(NC[C@H]1[C@@H]2CNC[C@@H](C2)[C@@H]2CCCCN21)c1ccc(C(F)(F)F)nc1. The molecule has 3 aliphatic rings. The minimum Gasteiger partial charge on any atom is -0.350 e. The smallest absolute Gasteiger partial charge is 0.350 e. The normalized spacial score (nSPS) is 29.1. The molecule has 4 heterocycles. The van der Waals surface area contributed by atoms with E-state index in [4.69, 9.17) is 0 Å². The predicted molar refractivity (Wildman–Crippen MR) is 109 cm³/mol. The van der Waals surface area contributed by atoms with Crippen LogP contribution in [0.25, 0.3) is 0 Å². The number of rotatable bonds is 3. The second kappa shape index (κ2) is 9.81. The predicted octanol–water partition coefficient (Wildman–Crippen LogP) is 3.14. The number of nitrogens with one attached hydrogen (secondary N) is 2. The molecule has 4 atom stereocenters. The Labute approximate surface area is 181 Å². The maximum atomic E-state index is 12.6. The number of hydrogen-bond acceptors (Lipinski definition) is 4. The van der Waals surface area contributed by atoms with Gasteiger partial charge < -0.3 is 10.6 Å². The van der Waals surface area contributed by atoms with Crippen molar-refractivity contribution in [2.24, 2.45) is 11.8 Å². The highest BCUT2D eigenvalue weighted by atomic mass is 35.5. The number of pyridine rings is 1. The summed E-state index contributed by atoms with van der Waals surface area (Å²) in [6, 6.07) is 2.91. The zero-order valence-electron chi connectivity index (χ0n) is 16.0. The van der Waals surface area contributed by atoms with E-state index in [2.05, 4.69) is 20.5 Å². The number of piperidine rings is 3. The van der Waals surface area contributed by atoms with Crippen LogP contribution in [0.1, 0.15) is 41.7 Å². The molecule has 0 radical (unpaired) electrons. The summed E-state index contributed by atoms with van der Waals surface area (Å²) in [5.41, 5.74) is -0.824. The van der Waals surface area contributed by atoms with Gasteiger partial charge in [-0.2, -0.15) is 13.2 Å². The highest BCUT2D eigenvalue weighted by molar-refractivity contribution is 5.93. The third kappa shape index (κ3) is 5.16. The van der Waals surface area contributed by atoms with Crippen molar-refractivity contribution in [2.75, 3.05) is 26.2 Å². The van der Waals surface area contributed by atoms with Crippen molar-refractivity contribution in [3.8, 4) is 0 Å². The highest BCUT2D eigenvalue weighted by Crippen LogP contribution is 2.38. The standard InChI is InChI=1S/C19H25F3N4O.2ClH/c20-19(21,22)17-5-4-12(10-24-17)18(27)25-11-16-14-7-13(8-23-9-14)15-3-1-2-6-26(15)16;;/h4-5,10,13-16,23H,1-3,6-9,11H2,(H,25,27);2*1H/t13-,14+,15+,16+;;/m1../s1. The van der Waals surface area contributed by atoms with Crippen molar-refractivity contribution in [2.45, 2.75) is 43.9 Å². The summed E-state index contributed by atoms with van der Waals surface area (Å²) >= 11 is 0. The van der Waals surface area contributed by atoms with E-state index >= 15 is 0 Å². The summed E-state index contributed by atoms with van der Waals surface area (Å²) in [6.45, 7) is 3.63. The average molecular weight is 455 g/mol. The minimum absolute atomic E-state index is 0. The van der Waals surface area contributed by atoms with Gasteiger partial charge in [-0.25, -0.2) is 0 Å². The minimum atomic E-state index is -4.50. The van der Waals surface area contributed by atoms with Crippen LogP contribution in [0.15, 0.2) is 18.3 Å². The first-order chi connectivity index (χ1) is 12.9. The first-order valence-corrected chi connectivity index (χ1v) is 9.71. The molecule has 0 spiro atoms. The molecule has 10 heteroatoms. The van der Waals surface area contributed by atoms with Crippen molar-refractivity contribution in [3.63, 3.8) is 0 Å². The molecule has 5 nitrogen and oxygen atoms in total. The Morgan fingerprint density at radius 1 is 1.21 bits per heavy atom. The Kier molecular flexibility index (Phi) is 8.18. The lowest BCUT2D eigenvalue weighted by Gasteiger charge is -2.55. The van der Waals surface area contributed by atoms with E-state index in [1.807, 2.05) is 0 Å². The lowest BCUT2D eigenvalue weighted by molar-refractivity contribution is -0.141. The highest BCUT2D eigenvalue weighted by Gasteiger charge is 2.45. The number of nitrogens with zero attached hydrogens (tertiary/aromatic N) is 2. The van der Waals surface area contributed by atoms with Crippen LogP contribution in [0.4, 0.5) is 13.2 Å². The van der Waals surface area contributed by atoms with Crippen molar-refractivity contribution < 1.29 is 18.0 Å². The largest absolute Gasteiger partial charge is 0.433 e. The Hall–Kier alpha value is -1.09. The molecule has 1 amide bonds. The number of carbonyl (C=O) groups excluding carboxylic acids is 1. The van der Waals surface area contributed by atoms with Crippen LogP contribution in [0.2, 0.25) is 0 Å². The van der Waals surface area contributed by atoms with Gasteiger partial charge in [0.2, 0.25) is 0 Å². The van der Waals surface area contributed by atoms with Gasteiger partial charge in [-0.15, -0.1) is 24.8 Å². The van der Waals surface area contributed by atoms with Crippen LogP contribution in [0.5, 0.6) is 0 Å². The summed E-state index contributed by atoms with van der Waals surface area (Å²) in [7, 11) is 0. The van der Waals surface area contributed by atoms with Gasteiger partial charge >= 0.3 is 6.18 Å². The number of aromatic nitrogens is 1. The topological polar surface area (TPSA) is 57.3 Å². The Bertz CT molecular complexity index is 689. The molecule has 1 aromatic heterocycles. The van der Waals surface area contributed by atoms with Gasteiger partial charge in [0.25, 0.3) is 5.91 Å². The quantitative estimate of drug-likeness (QED) is 0.736. The van der Waals surface area contributed by atoms with Gasteiger partial charge in [-0.05, 0) is 62.9 Å². The molecule has 2 N–H and O–H groups in total. The first-order valence-electron chi connectivity index (χ1n) is 9.71. The van der Waals surface area contributed by atoms with Crippen LogP contribution >= 0.6 is 24.8 Å². The van der Waals surface area contributed by atoms with Crippen molar-refractivity contribution >= 4 is 30.7 Å². The molecule has 0 aliphatic carbocycles.